The molecule has 0 saturated carbocycles. The van der Waals surface area contributed by atoms with E-state index in [4.69, 9.17) is 9.15 Å². The van der Waals surface area contributed by atoms with E-state index in [1.54, 1.807) is 43.5 Å². The predicted molar refractivity (Wildman–Crippen MR) is 112 cm³/mol. The lowest BCUT2D eigenvalue weighted by Gasteiger charge is -2.14. The van der Waals surface area contributed by atoms with Gasteiger partial charge in [0.25, 0.3) is 0 Å². The van der Waals surface area contributed by atoms with Crippen LogP contribution in [0.3, 0.4) is 0 Å². The molecule has 142 valence electrons. The van der Waals surface area contributed by atoms with Crippen LogP contribution >= 0.6 is 0 Å². The molecule has 1 aromatic heterocycles. The standard InChI is InChI=1S/C25H18O4/c1-28-19-14-12-18(13-15-19)20(16-11-17-7-3-2-4-8-17)23-24(26)21-9-5-6-10-22(21)29-25(23)27/h2-10,12-15,20,26H,1H3. The number of fused-ring (bicyclic) bond motifs is 1. The van der Waals surface area contributed by atoms with Gasteiger partial charge >= 0.3 is 5.63 Å². The Kier molecular flexibility index (Phi) is 5.05. The van der Waals surface area contributed by atoms with Crippen molar-refractivity contribution in [2.24, 2.45) is 0 Å². The maximum atomic E-state index is 12.8. The van der Waals surface area contributed by atoms with E-state index in [2.05, 4.69) is 11.8 Å². The minimum atomic E-state index is -0.665. The predicted octanol–water partition coefficient (Wildman–Crippen LogP) is 4.69. The molecule has 4 aromatic rings. The Morgan fingerprint density at radius 2 is 1.62 bits per heavy atom. The summed E-state index contributed by atoms with van der Waals surface area (Å²) in [5, 5.41) is 11.4. The van der Waals surface area contributed by atoms with E-state index in [0.29, 0.717) is 16.7 Å². The summed E-state index contributed by atoms with van der Waals surface area (Å²) in [6, 6.07) is 23.6. The quantitative estimate of drug-likeness (QED) is 0.412. The lowest BCUT2D eigenvalue weighted by molar-refractivity contribution is 0.414. The fourth-order valence-corrected chi connectivity index (χ4v) is 3.20. The van der Waals surface area contributed by atoms with Gasteiger partial charge in [0.2, 0.25) is 0 Å². The Bertz CT molecular complexity index is 1260. The summed E-state index contributed by atoms with van der Waals surface area (Å²) in [6.07, 6.45) is 0. The highest BCUT2D eigenvalue weighted by atomic mass is 16.5. The van der Waals surface area contributed by atoms with Crippen molar-refractivity contribution in [1.29, 1.82) is 0 Å². The Morgan fingerprint density at radius 1 is 0.931 bits per heavy atom. The molecule has 1 unspecified atom stereocenters. The number of hydrogen-bond donors (Lipinski definition) is 1. The number of methoxy groups -OCH3 is 1. The smallest absolute Gasteiger partial charge is 0.344 e. The molecule has 0 amide bonds. The molecule has 0 aliphatic heterocycles. The van der Waals surface area contributed by atoms with Gasteiger partial charge in [-0.25, -0.2) is 4.79 Å². The first kappa shape index (κ1) is 18.4. The molecule has 0 aliphatic rings. The van der Waals surface area contributed by atoms with Crippen molar-refractivity contribution in [3.05, 3.63) is 106 Å². The fourth-order valence-electron chi connectivity index (χ4n) is 3.20. The van der Waals surface area contributed by atoms with Gasteiger partial charge in [0, 0.05) is 5.56 Å². The van der Waals surface area contributed by atoms with Crippen LogP contribution in [0.15, 0.2) is 88.1 Å². The Morgan fingerprint density at radius 3 is 2.34 bits per heavy atom. The van der Waals surface area contributed by atoms with Gasteiger partial charge in [0.1, 0.15) is 17.1 Å². The van der Waals surface area contributed by atoms with Crippen LogP contribution in [0.2, 0.25) is 0 Å². The first-order chi connectivity index (χ1) is 14.2. The third-order valence-electron chi connectivity index (χ3n) is 4.69. The molecule has 0 aliphatic carbocycles. The number of aromatic hydroxyl groups is 1. The van der Waals surface area contributed by atoms with E-state index in [1.807, 2.05) is 42.5 Å². The Labute approximate surface area is 168 Å². The lowest BCUT2D eigenvalue weighted by Crippen LogP contribution is -2.13. The zero-order chi connectivity index (χ0) is 20.2. The molecule has 0 fully saturated rings. The maximum absolute atomic E-state index is 12.8. The van der Waals surface area contributed by atoms with Crippen molar-refractivity contribution < 1.29 is 14.3 Å². The first-order valence-electron chi connectivity index (χ1n) is 9.12. The zero-order valence-electron chi connectivity index (χ0n) is 15.8. The summed E-state index contributed by atoms with van der Waals surface area (Å²) in [5.74, 6) is 6.16. The molecule has 1 heterocycles. The third kappa shape index (κ3) is 3.71. The number of ether oxygens (including phenoxy) is 1. The Hall–Kier alpha value is -3.97. The molecule has 4 rings (SSSR count). The van der Waals surface area contributed by atoms with Gasteiger partial charge in [0.05, 0.1) is 24.0 Å². The topological polar surface area (TPSA) is 59.7 Å². The highest BCUT2D eigenvalue weighted by molar-refractivity contribution is 5.84. The largest absolute Gasteiger partial charge is 0.507 e. The number of para-hydroxylation sites is 1. The first-order valence-corrected chi connectivity index (χ1v) is 9.12. The van der Waals surface area contributed by atoms with Crippen LogP contribution in [0, 0.1) is 11.8 Å². The van der Waals surface area contributed by atoms with Crippen LogP contribution in [0.1, 0.15) is 22.6 Å². The SMILES string of the molecule is COc1ccc(C(C#Cc2ccccc2)c2c(O)c3ccccc3oc2=O)cc1. The summed E-state index contributed by atoms with van der Waals surface area (Å²) >= 11 is 0. The molecular weight excluding hydrogens is 364 g/mol. The van der Waals surface area contributed by atoms with Crippen LogP contribution < -0.4 is 10.4 Å². The minimum absolute atomic E-state index is 0.111. The molecule has 4 nitrogen and oxygen atoms in total. The van der Waals surface area contributed by atoms with Gasteiger partial charge in [-0.2, -0.15) is 0 Å². The summed E-state index contributed by atoms with van der Waals surface area (Å²) in [6.45, 7) is 0. The summed E-state index contributed by atoms with van der Waals surface area (Å²) < 4.78 is 10.7. The number of hydrogen-bond acceptors (Lipinski definition) is 4. The van der Waals surface area contributed by atoms with Gasteiger partial charge in [-0.3, -0.25) is 0 Å². The Balaban J connectivity index is 1.92. The van der Waals surface area contributed by atoms with Crippen LogP contribution in [-0.4, -0.2) is 12.2 Å². The van der Waals surface area contributed by atoms with Crippen molar-refractivity contribution >= 4 is 11.0 Å². The van der Waals surface area contributed by atoms with Crippen LogP contribution in [0.25, 0.3) is 11.0 Å². The molecule has 3 aromatic carbocycles. The minimum Gasteiger partial charge on any atom is -0.507 e. The van der Waals surface area contributed by atoms with Gasteiger partial charge in [-0.15, -0.1) is 0 Å². The lowest BCUT2D eigenvalue weighted by atomic mass is 9.91. The third-order valence-corrected chi connectivity index (χ3v) is 4.69. The second-order valence-corrected chi connectivity index (χ2v) is 6.49. The van der Waals surface area contributed by atoms with E-state index in [1.165, 1.54) is 0 Å². The van der Waals surface area contributed by atoms with Gasteiger partial charge < -0.3 is 14.3 Å². The molecule has 4 heteroatoms. The molecule has 0 radical (unpaired) electrons. The van der Waals surface area contributed by atoms with Crippen LogP contribution in [-0.2, 0) is 0 Å². The molecule has 1 N–H and O–H groups in total. The molecule has 0 bridgehead atoms. The normalized spacial score (nSPS) is 11.5. The van der Waals surface area contributed by atoms with Gasteiger partial charge in [0.15, 0.2) is 0 Å². The number of rotatable bonds is 3. The number of benzene rings is 3. The van der Waals surface area contributed by atoms with Gasteiger partial charge in [-0.05, 0) is 42.0 Å². The maximum Gasteiger partial charge on any atom is 0.344 e. The fraction of sp³-hybridized carbons (Fsp3) is 0.0800. The average Bonchev–Trinajstić information content (AvgIpc) is 2.77. The van der Waals surface area contributed by atoms with E-state index in [-0.39, 0.29) is 11.3 Å². The van der Waals surface area contributed by atoms with Crippen molar-refractivity contribution in [2.75, 3.05) is 7.11 Å². The van der Waals surface area contributed by atoms with Crippen molar-refractivity contribution in [2.45, 2.75) is 5.92 Å². The molecule has 1 atom stereocenters. The summed E-state index contributed by atoms with van der Waals surface area (Å²) in [4.78, 5) is 12.8. The van der Waals surface area contributed by atoms with Crippen LogP contribution in [0.5, 0.6) is 11.5 Å². The monoisotopic (exact) mass is 382 g/mol. The highest BCUT2D eigenvalue weighted by Crippen LogP contribution is 2.34. The van der Waals surface area contributed by atoms with Crippen LogP contribution in [0.4, 0.5) is 0 Å². The van der Waals surface area contributed by atoms with Crippen molar-refractivity contribution in [3.8, 4) is 23.3 Å². The average molecular weight is 382 g/mol. The molecule has 0 saturated heterocycles. The molecule has 0 spiro atoms. The van der Waals surface area contributed by atoms with E-state index in [0.717, 1.165) is 11.1 Å². The summed E-state index contributed by atoms with van der Waals surface area (Å²) in [7, 11) is 1.59. The van der Waals surface area contributed by atoms with E-state index >= 15 is 0 Å². The molecular formula is C25H18O4. The second-order valence-electron chi connectivity index (χ2n) is 6.49. The van der Waals surface area contributed by atoms with Crippen molar-refractivity contribution in [1.82, 2.24) is 0 Å². The highest BCUT2D eigenvalue weighted by Gasteiger charge is 2.23. The molecule has 29 heavy (non-hydrogen) atoms. The second kappa shape index (κ2) is 7.95. The van der Waals surface area contributed by atoms with E-state index in [9.17, 15) is 9.90 Å². The van der Waals surface area contributed by atoms with E-state index < -0.39 is 11.5 Å². The van der Waals surface area contributed by atoms with Crippen molar-refractivity contribution in [3.63, 3.8) is 0 Å². The van der Waals surface area contributed by atoms with Gasteiger partial charge in [-0.1, -0.05) is 54.3 Å². The zero-order valence-corrected chi connectivity index (χ0v) is 15.8. The summed E-state index contributed by atoms with van der Waals surface area (Å²) in [5.41, 5.74) is 1.42.